The van der Waals surface area contributed by atoms with Gasteiger partial charge >= 0.3 is 0 Å². The van der Waals surface area contributed by atoms with Crippen LogP contribution in [0.3, 0.4) is 0 Å². The number of aliphatic hydroxyl groups excluding tert-OH is 1. The zero-order valence-electron chi connectivity index (χ0n) is 14.9. The van der Waals surface area contributed by atoms with Crippen molar-refractivity contribution in [2.45, 2.75) is 13.3 Å². The highest BCUT2D eigenvalue weighted by Gasteiger charge is 2.19. The van der Waals surface area contributed by atoms with Gasteiger partial charge in [0, 0.05) is 48.1 Å². The number of carbonyl (C=O) groups excluding carboxylic acids is 1. The highest BCUT2D eigenvalue weighted by atomic mass is 79.9. The number of β-amino-alcohol motifs (C(OH)–C–C–N with tert-alkyl or cyclic N) is 1. The molecule has 0 unspecified atom stereocenters. The number of hydrogen-bond donors (Lipinski definition) is 1. The SMILES string of the molecule is Cc1ncc(Br)cc1C(=O)c1cccc(N2CCCN(CCO)CC2)n1. The molecule has 26 heavy (non-hydrogen) atoms. The fourth-order valence-corrected chi connectivity index (χ4v) is 3.50. The first-order valence-corrected chi connectivity index (χ1v) is 9.60. The van der Waals surface area contributed by atoms with Gasteiger partial charge in [-0.3, -0.25) is 14.7 Å². The summed E-state index contributed by atoms with van der Waals surface area (Å²) < 4.78 is 0.777. The Kier molecular flexibility index (Phi) is 6.34. The van der Waals surface area contributed by atoms with E-state index < -0.39 is 0 Å². The van der Waals surface area contributed by atoms with Crippen molar-refractivity contribution in [1.29, 1.82) is 0 Å². The van der Waals surface area contributed by atoms with Crippen LogP contribution in [0.15, 0.2) is 34.9 Å². The lowest BCUT2D eigenvalue weighted by Crippen LogP contribution is -2.32. The zero-order chi connectivity index (χ0) is 18.5. The van der Waals surface area contributed by atoms with Crippen LogP contribution >= 0.6 is 15.9 Å². The first-order valence-electron chi connectivity index (χ1n) is 8.80. The number of pyridine rings is 2. The van der Waals surface area contributed by atoms with E-state index in [9.17, 15) is 4.79 Å². The van der Waals surface area contributed by atoms with Crippen LogP contribution in [-0.2, 0) is 0 Å². The molecule has 138 valence electrons. The van der Waals surface area contributed by atoms with Crippen LogP contribution in [0.4, 0.5) is 5.82 Å². The fraction of sp³-hybridized carbons (Fsp3) is 0.421. The Morgan fingerprint density at radius 3 is 2.92 bits per heavy atom. The van der Waals surface area contributed by atoms with Crippen molar-refractivity contribution in [2.75, 3.05) is 44.2 Å². The van der Waals surface area contributed by atoms with Crippen molar-refractivity contribution in [2.24, 2.45) is 0 Å². The summed E-state index contributed by atoms with van der Waals surface area (Å²) in [5.41, 5.74) is 1.69. The highest BCUT2D eigenvalue weighted by molar-refractivity contribution is 9.10. The van der Waals surface area contributed by atoms with Gasteiger partial charge < -0.3 is 10.0 Å². The van der Waals surface area contributed by atoms with Gasteiger partial charge in [0.15, 0.2) is 0 Å². The van der Waals surface area contributed by atoms with Gasteiger partial charge in [0.05, 0.1) is 6.61 Å². The predicted molar refractivity (Wildman–Crippen MR) is 105 cm³/mol. The number of ketones is 1. The summed E-state index contributed by atoms with van der Waals surface area (Å²) in [7, 11) is 0. The lowest BCUT2D eigenvalue weighted by atomic mass is 10.1. The van der Waals surface area contributed by atoms with Gasteiger partial charge in [0.25, 0.3) is 0 Å². The highest BCUT2D eigenvalue weighted by Crippen LogP contribution is 2.19. The van der Waals surface area contributed by atoms with Gasteiger partial charge in [0.2, 0.25) is 5.78 Å². The minimum atomic E-state index is -0.116. The molecule has 6 nitrogen and oxygen atoms in total. The molecule has 0 aromatic carbocycles. The molecule has 0 amide bonds. The number of halogens is 1. The van der Waals surface area contributed by atoms with Crippen LogP contribution in [0.2, 0.25) is 0 Å². The Hall–Kier alpha value is -1.83. The molecular weight excluding hydrogens is 396 g/mol. The number of aliphatic hydroxyl groups is 1. The van der Waals surface area contributed by atoms with Crippen LogP contribution in [0, 0.1) is 6.92 Å². The second-order valence-electron chi connectivity index (χ2n) is 6.40. The molecule has 0 saturated carbocycles. The molecule has 0 aliphatic carbocycles. The third-order valence-electron chi connectivity index (χ3n) is 4.59. The Labute approximate surface area is 162 Å². The van der Waals surface area contributed by atoms with Crippen molar-refractivity contribution >= 4 is 27.5 Å². The molecule has 2 aromatic rings. The van der Waals surface area contributed by atoms with Crippen LogP contribution < -0.4 is 4.90 Å². The number of anilines is 1. The summed E-state index contributed by atoms with van der Waals surface area (Å²) in [5.74, 6) is 0.706. The average molecular weight is 419 g/mol. The average Bonchev–Trinajstić information content (AvgIpc) is 2.89. The molecule has 3 heterocycles. The maximum Gasteiger partial charge on any atom is 0.213 e. The molecule has 7 heteroatoms. The molecule has 0 spiro atoms. The van der Waals surface area contributed by atoms with Crippen molar-refractivity contribution in [3.63, 3.8) is 0 Å². The Balaban J connectivity index is 1.80. The van der Waals surface area contributed by atoms with Crippen molar-refractivity contribution in [3.8, 4) is 0 Å². The Morgan fingerprint density at radius 1 is 1.27 bits per heavy atom. The third kappa shape index (κ3) is 4.47. The Morgan fingerprint density at radius 2 is 2.12 bits per heavy atom. The molecule has 1 saturated heterocycles. The quantitative estimate of drug-likeness (QED) is 0.751. The molecule has 1 N–H and O–H groups in total. The summed E-state index contributed by atoms with van der Waals surface area (Å²) in [6.45, 7) is 6.30. The maximum atomic E-state index is 12.9. The van der Waals surface area contributed by atoms with Crippen molar-refractivity contribution in [3.05, 3.63) is 51.9 Å². The zero-order valence-corrected chi connectivity index (χ0v) is 16.4. The minimum absolute atomic E-state index is 0.116. The number of carbonyl (C=O) groups is 1. The predicted octanol–water partition coefficient (Wildman–Crippen LogP) is 2.28. The lowest BCUT2D eigenvalue weighted by Gasteiger charge is -2.22. The van der Waals surface area contributed by atoms with Crippen molar-refractivity contribution in [1.82, 2.24) is 14.9 Å². The number of aryl methyl sites for hydroxylation is 1. The van der Waals surface area contributed by atoms with E-state index in [-0.39, 0.29) is 12.4 Å². The molecular formula is C19H23BrN4O2. The molecule has 2 aromatic heterocycles. The molecule has 1 fully saturated rings. The maximum absolute atomic E-state index is 12.9. The van der Waals surface area contributed by atoms with E-state index in [0.29, 0.717) is 23.5 Å². The van der Waals surface area contributed by atoms with E-state index in [0.717, 1.165) is 42.9 Å². The van der Waals surface area contributed by atoms with E-state index >= 15 is 0 Å². The van der Waals surface area contributed by atoms with E-state index in [1.807, 2.05) is 19.1 Å². The first-order chi connectivity index (χ1) is 12.6. The van der Waals surface area contributed by atoms with Crippen LogP contribution in [0.25, 0.3) is 0 Å². The van der Waals surface area contributed by atoms with E-state index in [1.54, 1.807) is 18.3 Å². The van der Waals surface area contributed by atoms with Gasteiger partial charge in [-0.25, -0.2) is 4.98 Å². The number of hydrogen-bond acceptors (Lipinski definition) is 6. The first kappa shape index (κ1) is 18.9. The summed E-state index contributed by atoms with van der Waals surface area (Å²) >= 11 is 3.38. The smallest absolute Gasteiger partial charge is 0.213 e. The molecule has 1 aliphatic rings. The van der Waals surface area contributed by atoms with E-state index in [2.05, 4.69) is 35.7 Å². The lowest BCUT2D eigenvalue weighted by molar-refractivity contribution is 0.103. The van der Waals surface area contributed by atoms with Gasteiger partial charge in [-0.1, -0.05) is 6.07 Å². The van der Waals surface area contributed by atoms with Gasteiger partial charge in [-0.15, -0.1) is 0 Å². The third-order valence-corrected chi connectivity index (χ3v) is 5.03. The number of rotatable bonds is 5. The minimum Gasteiger partial charge on any atom is -0.395 e. The summed E-state index contributed by atoms with van der Waals surface area (Å²) in [6, 6.07) is 7.37. The monoisotopic (exact) mass is 418 g/mol. The van der Waals surface area contributed by atoms with Gasteiger partial charge in [-0.2, -0.15) is 0 Å². The fourth-order valence-electron chi connectivity index (χ4n) is 3.17. The van der Waals surface area contributed by atoms with Crippen molar-refractivity contribution < 1.29 is 9.90 Å². The molecule has 0 bridgehead atoms. The molecule has 1 aliphatic heterocycles. The summed E-state index contributed by atoms with van der Waals surface area (Å²) in [4.78, 5) is 26.2. The standard InChI is InChI=1S/C19H23BrN4O2/c1-14-16(12-15(20)13-21-14)19(26)17-4-2-5-18(22-17)24-7-3-6-23(8-9-24)10-11-25/h2,4-5,12-13,25H,3,6-11H2,1H3. The number of nitrogens with zero attached hydrogens (tertiary/aromatic N) is 4. The summed E-state index contributed by atoms with van der Waals surface area (Å²) in [5, 5.41) is 9.13. The van der Waals surface area contributed by atoms with Gasteiger partial charge in [0.1, 0.15) is 11.5 Å². The van der Waals surface area contributed by atoms with Crippen LogP contribution in [0.5, 0.6) is 0 Å². The number of aromatic nitrogens is 2. The topological polar surface area (TPSA) is 69.6 Å². The van der Waals surface area contributed by atoms with E-state index in [4.69, 9.17) is 5.11 Å². The normalized spacial score (nSPS) is 15.7. The molecule has 0 radical (unpaired) electrons. The second kappa shape index (κ2) is 8.70. The molecule has 0 atom stereocenters. The van der Waals surface area contributed by atoms with Crippen LogP contribution in [0.1, 0.15) is 28.2 Å². The van der Waals surface area contributed by atoms with Crippen LogP contribution in [-0.4, -0.2) is 65.1 Å². The Bertz CT molecular complexity index is 784. The largest absolute Gasteiger partial charge is 0.395 e. The molecule has 3 rings (SSSR count). The van der Waals surface area contributed by atoms with Gasteiger partial charge in [-0.05, 0) is 54.0 Å². The van der Waals surface area contributed by atoms with E-state index in [1.165, 1.54) is 0 Å². The second-order valence-corrected chi connectivity index (χ2v) is 7.32. The summed E-state index contributed by atoms with van der Waals surface area (Å²) in [6.07, 6.45) is 2.69.